The van der Waals surface area contributed by atoms with Gasteiger partial charge in [-0.15, -0.1) is 24.5 Å². The molecule has 176 valence electrons. The number of benzene rings is 1. The molecule has 0 spiro atoms. The number of aryl methyl sites for hydroxylation is 1. The van der Waals surface area contributed by atoms with Crippen LogP contribution in [0.4, 0.5) is 18.3 Å². The van der Waals surface area contributed by atoms with Gasteiger partial charge in [0, 0.05) is 31.1 Å². The quantitative estimate of drug-likeness (QED) is 0.602. The molecule has 1 fully saturated rings. The summed E-state index contributed by atoms with van der Waals surface area (Å²) in [5.74, 6) is -1.91. The second kappa shape index (κ2) is 9.21. The van der Waals surface area contributed by atoms with E-state index in [2.05, 4.69) is 15.0 Å². The molecule has 0 bridgehead atoms. The van der Waals surface area contributed by atoms with Crippen molar-refractivity contribution in [3.8, 4) is 5.75 Å². The Morgan fingerprint density at radius 2 is 1.97 bits per heavy atom. The van der Waals surface area contributed by atoms with E-state index in [0.29, 0.717) is 11.7 Å². The lowest BCUT2D eigenvalue weighted by Crippen LogP contribution is -2.58. The van der Waals surface area contributed by atoms with Crippen molar-refractivity contribution in [2.75, 3.05) is 31.6 Å². The summed E-state index contributed by atoms with van der Waals surface area (Å²) in [6.45, 7) is 2.42. The molecule has 32 heavy (non-hydrogen) atoms. The molecule has 3 rings (SSSR count). The Labute approximate surface area is 186 Å². The van der Waals surface area contributed by atoms with E-state index >= 15 is 0 Å². The van der Waals surface area contributed by atoms with Crippen LogP contribution in [-0.4, -0.2) is 67.9 Å². The van der Waals surface area contributed by atoms with Crippen molar-refractivity contribution in [2.24, 2.45) is 0 Å². The molecule has 0 aliphatic carbocycles. The topological polar surface area (TPSA) is 112 Å². The first-order valence-corrected chi connectivity index (χ1v) is 11.6. The van der Waals surface area contributed by atoms with E-state index < -0.39 is 34.1 Å². The SMILES string of the molecule is CNCc1sc(N2CCN(S(=O)(=O)c3ccc(OC(F)(F)F)cc3)[C@@H](C(=O)O)C2)nc1C. The number of nitrogens with one attached hydrogen (secondary N) is 1. The van der Waals surface area contributed by atoms with Crippen molar-refractivity contribution < 1.29 is 36.2 Å². The van der Waals surface area contributed by atoms with Crippen LogP contribution in [-0.2, 0) is 21.4 Å². The van der Waals surface area contributed by atoms with Crippen LogP contribution in [0.5, 0.6) is 5.75 Å². The fourth-order valence-electron chi connectivity index (χ4n) is 3.25. The van der Waals surface area contributed by atoms with Gasteiger partial charge in [-0.25, -0.2) is 13.4 Å². The number of hydrogen-bond donors (Lipinski definition) is 2. The minimum atomic E-state index is -4.91. The van der Waals surface area contributed by atoms with Crippen LogP contribution in [0.1, 0.15) is 10.6 Å². The lowest BCUT2D eigenvalue weighted by atomic mass is 10.2. The maximum atomic E-state index is 13.0. The van der Waals surface area contributed by atoms with Crippen molar-refractivity contribution in [3.63, 3.8) is 0 Å². The summed E-state index contributed by atoms with van der Waals surface area (Å²) < 4.78 is 67.7. The number of piperazine rings is 1. The Morgan fingerprint density at radius 1 is 1.31 bits per heavy atom. The van der Waals surface area contributed by atoms with Crippen molar-refractivity contribution in [2.45, 2.75) is 30.8 Å². The monoisotopic (exact) mass is 494 g/mol. The number of carboxylic acid groups (broad SMARTS) is 1. The van der Waals surface area contributed by atoms with Crippen LogP contribution in [0.2, 0.25) is 0 Å². The Bertz CT molecular complexity index is 1070. The molecular weight excluding hydrogens is 473 g/mol. The number of nitrogens with zero attached hydrogens (tertiary/aromatic N) is 3. The normalized spacial score (nSPS) is 18.0. The molecule has 9 nitrogen and oxygen atoms in total. The van der Waals surface area contributed by atoms with Crippen molar-refractivity contribution in [3.05, 3.63) is 34.8 Å². The molecule has 1 aliphatic heterocycles. The third kappa shape index (κ3) is 5.31. The summed E-state index contributed by atoms with van der Waals surface area (Å²) in [5.41, 5.74) is 0.808. The smallest absolute Gasteiger partial charge is 0.480 e. The predicted octanol–water partition coefficient (Wildman–Crippen LogP) is 2.03. The van der Waals surface area contributed by atoms with E-state index in [9.17, 15) is 31.5 Å². The first-order valence-electron chi connectivity index (χ1n) is 9.38. The largest absolute Gasteiger partial charge is 0.573 e. The number of carbonyl (C=O) groups is 1. The van der Waals surface area contributed by atoms with Gasteiger partial charge in [0.15, 0.2) is 5.13 Å². The number of ether oxygens (including phenoxy) is 1. The lowest BCUT2D eigenvalue weighted by Gasteiger charge is -2.38. The number of thiazole rings is 1. The Morgan fingerprint density at radius 3 is 2.53 bits per heavy atom. The van der Waals surface area contributed by atoms with Crippen LogP contribution in [0.3, 0.4) is 0 Å². The van der Waals surface area contributed by atoms with E-state index in [1.165, 1.54) is 11.3 Å². The van der Waals surface area contributed by atoms with E-state index in [1.54, 1.807) is 11.9 Å². The van der Waals surface area contributed by atoms with Gasteiger partial charge in [-0.3, -0.25) is 4.79 Å². The summed E-state index contributed by atoms with van der Waals surface area (Å²) in [5, 5.41) is 13.3. The molecule has 1 atom stereocenters. The highest BCUT2D eigenvalue weighted by molar-refractivity contribution is 7.89. The molecule has 2 aromatic rings. The van der Waals surface area contributed by atoms with Gasteiger partial charge in [0.2, 0.25) is 10.0 Å². The fourth-order valence-corrected chi connectivity index (χ4v) is 5.92. The third-order valence-corrected chi connectivity index (χ3v) is 7.91. The number of aromatic nitrogens is 1. The van der Waals surface area contributed by atoms with Crippen molar-refractivity contribution in [1.29, 1.82) is 0 Å². The van der Waals surface area contributed by atoms with Crippen LogP contribution in [0, 0.1) is 6.92 Å². The van der Waals surface area contributed by atoms with Gasteiger partial charge in [0.25, 0.3) is 0 Å². The van der Waals surface area contributed by atoms with Gasteiger partial charge >= 0.3 is 12.3 Å². The number of rotatable bonds is 7. The standard InChI is InChI=1S/C18H21F3N4O5S2/c1-11-15(9-22-2)31-17(23-11)24-7-8-25(14(10-24)16(26)27)32(28,29)13-5-3-12(4-6-13)30-18(19,20)21/h3-6,14,22H,7-10H2,1-2H3,(H,26,27)/t14-/m1/s1. The van der Waals surface area contributed by atoms with E-state index in [1.807, 2.05) is 6.92 Å². The Balaban J connectivity index is 1.82. The highest BCUT2D eigenvalue weighted by atomic mass is 32.2. The summed E-state index contributed by atoms with van der Waals surface area (Å²) in [6, 6.07) is 2.25. The molecular formula is C18H21F3N4O5S2. The predicted molar refractivity (Wildman–Crippen MR) is 110 cm³/mol. The minimum Gasteiger partial charge on any atom is -0.480 e. The van der Waals surface area contributed by atoms with Gasteiger partial charge in [0.1, 0.15) is 11.8 Å². The average Bonchev–Trinajstić information content (AvgIpc) is 3.07. The van der Waals surface area contributed by atoms with Gasteiger partial charge < -0.3 is 20.1 Å². The second-order valence-electron chi connectivity index (χ2n) is 6.97. The van der Waals surface area contributed by atoms with Gasteiger partial charge in [0.05, 0.1) is 10.6 Å². The highest BCUT2D eigenvalue weighted by Gasteiger charge is 2.41. The summed E-state index contributed by atoms with van der Waals surface area (Å²) in [7, 11) is -2.48. The van der Waals surface area contributed by atoms with Gasteiger partial charge in [-0.2, -0.15) is 4.31 Å². The molecule has 1 aliphatic rings. The zero-order valence-corrected chi connectivity index (χ0v) is 18.7. The maximum Gasteiger partial charge on any atom is 0.573 e. The van der Waals surface area contributed by atoms with Crippen LogP contribution >= 0.6 is 11.3 Å². The van der Waals surface area contributed by atoms with E-state index in [-0.39, 0.29) is 24.5 Å². The summed E-state index contributed by atoms with van der Waals surface area (Å²) in [6.07, 6.45) is -4.91. The van der Waals surface area contributed by atoms with Crippen molar-refractivity contribution >= 4 is 32.5 Å². The van der Waals surface area contributed by atoms with E-state index in [0.717, 1.165) is 39.1 Å². The highest BCUT2D eigenvalue weighted by Crippen LogP contribution is 2.31. The molecule has 0 unspecified atom stereocenters. The molecule has 2 heterocycles. The number of aliphatic carboxylic acids is 1. The first-order chi connectivity index (χ1) is 14.9. The van der Waals surface area contributed by atoms with Crippen LogP contribution in [0.25, 0.3) is 0 Å². The van der Waals surface area contributed by atoms with Crippen LogP contribution in [0.15, 0.2) is 29.2 Å². The molecule has 1 saturated heterocycles. The number of halogens is 3. The van der Waals surface area contributed by atoms with Crippen molar-refractivity contribution in [1.82, 2.24) is 14.6 Å². The zero-order chi connectivity index (χ0) is 23.7. The average molecular weight is 495 g/mol. The number of alkyl halides is 3. The van der Waals surface area contributed by atoms with Gasteiger partial charge in [-0.05, 0) is 38.2 Å². The number of sulfonamides is 1. The first kappa shape index (κ1) is 24.2. The summed E-state index contributed by atoms with van der Waals surface area (Å²) >= 11 is 1.40. The molecule has 0 saturated carbocycles. The molecule has 1 aromatic carbocycles. The zero-order valence-electron chi connectivity index (χ0n) is 17.1. The summed E-state index contributed by atoms with van der Waals surface area (Å²) in [4.78, 5) is 18.8. The van der Waals surface area contributed by atoms with E-state index in [4.69, 9.17) is 0 Å². The molecule has 14 heteroatoms. The minimum absolute atomic E-state index is 0.115. The third-order valence-electron chi connectivity index (χ3n) is 4.77. The molecule has 0 amide bonds. The lowest BCUT2D eigenvalue weighted by molar-refractivity contribution is -0.274. The fraction of sp³-hybridized carbons (Fsp3) is 0.444. The molecule has 0 radical (unpaired) electrons. The number of hydrogen-bond acceptors (Lipinski definition) is 8. The second-order valence-corrected chi connectivity index (χ2v) is 9.92. The Hall–Kier alpha value is -2.42. The number of anilines is 1. The van der Waals surface area contributed by atoms with Gasteiger partial charge in [-0.1, -0.05) is 0 Å². The molecule has 1 aromatic heterocycles. The number of carboxylic acids is 1. The maximum absolute atomic E-state index is 13.0. The van der Waals surface area contributed by atoms with Crippen LogP contribution < -0.4 is 15.0 Å². The molecule has 2 N–H and O–H groups in total. The Kier molecular flexibility index (Phi) is 6.97.